The first-order valence-corrected chi connectivity index (χ1v) is 4.39. The van der Waals surface area contributed by atoms with Crippen LogP contribution in [0.25, 0.3) is 0 Å². The van der Waals surface area contributed by atoms with E-state index in [1.165, 1.54) is 0 Å². The Morgan fingerprint density at radius 1 is 1.36 bits per heavy atom. The molecule has 68 valence electrons. The average Bonchev–Trinajstić information content (AvgIpc) is 1.85. The van der Waals surface area contributed by atoms with Crippen LogP contribution in [-0.2, 0) is 0 Å². The predicted octanol–water partition coefficient (Wildman–Crippen LogP) is 1.35. The Balaban J connectivity index is 3.43. The van der Waals surface area contributed by atoms with Crippen LogP contribution < -0.4 is 0 Å². The van der Waals surface area contributed by atoms with Gasteiger partial charge in [-0.25, -0.2) is 0 Å². The molecule has 0 rings (SSSR count). The number of hydrogen-bond donors (Lipinski definition) is 1. The zero-order valence-corrected chi connectivity index (χ0v) is 8.17. The monoisotopic (exact) mass is 159 g/mol. The summed E-state index contributed by atoms with van der Waals surface area (Å²) in [5.41, 5.74) is 0. The van der Waals surface area contributed by atoms with Crippen LogP contribution in [0.4, 0.5) is 0 Å². The summed E-state index contributed by atoms with van der Waals surface area (Å²) in [5.74, 6) is 0.643. The highest BCUT2D eigenvalue weighted by atomic mass is 16.3. The molecule has 0 amide bonds. The summed E-state index contributed by atoms with van der Waals surface area (Å²) in [7, 11) is 3.97. The predicted molar refractivity (Wildman–Crippen MR) is 48.6 cm³/mol. The van der Waals surface area contributed by atoms with Crippen LogP contribution in [0.5, 0.6) is 0 Å². The second-order valence-electron chi connectivity index (χ2n) is 3.67. The summed E-state index contributed by atoms with van der Waals surface area (Å²) in [5, 5.41) is 9.48. The lowest BCUT2D eigenvalue weighted by atomic mass is 10.0. The van der Waals surface area contributed by atoms with Gasteiger partial charge in [-0.2, -0.15) is 0 Å². The molecular formula is C9H21NO. The van der Waals surface area contributed by atoms with Crippen LogP contribution in [0.1, 0.15) is 26.7 Å². The fraction of sp³-hybridized carbons (Fsp3) is 1.00. The van der Waals surface area contributed by atoms with Gasteiger partial charge in [0.25, 0.3) is 0 Å². The molecule has 2 nitrogen and oxygen atoms in total. The molecule has 2 unspecified atom stereocenters. The van der Waals surface area contributed by atoms with E-state index in [-0.39, 0.29) is 6.10 Å². The van der Waals surface area contributed by atoms with Crippen molar-refractivity contribution in [2.75, 3.05) is 20.6 Å². The average molecular weight is 159 g/mol. The highest BCUT2D eigenvalue weighted by molar-refractivity contribution is 4.62. The van der Waals surface area contributed by atoms with Gasteiger partial charge in [0.05, 0.1) is 6.10 Å². The topological polar surface area (TPSA) is 23.5 Å². The Hall–Kier alpha value is -0.0800. The van der Waals surface area contributed by atoms with E-state index in [0.29, 0.717) is 5.92 Å². The molecule has 0 aromatic carbocycles. The van der Waals surface area contributed by atoms with Gasteiger partial charge < -0.3 is 10.0 Å². The molecule has 0 saturated carbocycles. The van der Waals surface area contributed by atoms with Gasteiger partial charge in [-0.3, -0.25) is 0 Å². The number of nitrogens with zero attached hydrogens (tertiary/aromatic N) is 1. The first-order chi connectivity index (χ1) is 5.06. The molecule has 1 N–H and O–H groups in total. The second kappa shape index (κ2) is 5.56. The van der Waals surface area contributed by atoms with Gasteiger partial charge in [0, 0.05) is 6.54 Å². The van der Waals surface area contributed by atoms with E-state index < -0.39 is 0 Å². The molecule has 0 aromatic rings. The van der Waals surface area contributed by atoms with Gasteiger partial charge in [0.1, 0.15) is 0 Å². The van der Waals surface area contributed by atoms with E-state index in [0.717, 1.165) is 19.4 Å². The molecule has 0 saturated heterocycles. The maximum Gasteiger partial charge on any atom is 0.0669 e. The van der Waals surface area contributed by atoms with Crippen LogP contribution >= 0.6 is 0 Å². The Morgan fingerprint density at radius 2 is 1.91 bits per heavy atom. The van der Waals surface area contributed by atoms with E-state index in [9.17, 15) is 5.11 Å². The van der Waals surface area contributed by atoms with Crippen LogP contribution in [0.3, 0.4) is 0 Å². The summed E-state index contributed by atoms with van der Waals surface area (Å²) in [6.45, 7) is 5.12. The molecule has 0 spiro atoms. The van der Waals surface area contributed by atoms with Crippen molar-refractivity contribution in [3.05, 3.63) is 0 Å². The van der Waals surface area contributed by atoms with Crippen molar-refractivity contribution < 1.29 is 5.11 Å². The smallest absolute Gasteiger partial charge is 0.0669 e. The third-order valence-corrected chi connectivity index (χ3v) is 1.95. The van der Waals surface area contributed by atoms with E-state index in [2.05, 4.69) is 13.8 Å². The molecule has 0 aliphatic rings. The first kappa shape index (κ1) is 10.9. The third kappa shape index (κ3) is 6.32. The van der Waals surface area contributed by atoms with Crippen molar-refractivity contribution >= 4 is 0 Å². The van der Waals surface area contributed by atoms with Crippen LogP contribution in [0.2, 0.25) is 0 Å². The number of rotatable bonds is 5. The summed E-state index contributed by atoms with van der Waals surface area (Å²) in [6.07, 6.45) is 1.93. The normalized spacial score (nSPS) is 16.9. The molecule has 11 heavy (non-hydrogen) atoms. The van der Waals surface area contributed by atoms with Crippen molar-refractivity contribution in [2.24, 2.45) is 5.92 Å². The van der Waals surface area contributed by atoms with Crippen molar-refractivity contribution in [3.8, 4) is 0 Å². The molecule has 0 fully saturated rings. The van der Waals surface area contributed by atoms with Crippen molar-refractivity contribution in [3.63, 3.8) is 0 Å². The number of hydrogen-bond acceptors (Lipinski definition) is 2. The minimum atomic E-state index is -0.153. The van der Waals surface area contributed by atoms with Gasteiger partial charge in [-0.15, -0.1) is 0 Å². The fourth-order valence-electron chi connectivity index (χ4n) is 1.13. The standard InChI is InChI=1S/C9H21NO/c1-5-8(2)6-9(11)7-10(3)4/h8-9,11H,5-7H2,1-4H3. The minimum Gasteiger partial charge on any atom is -0.392 e. The van der Waals surface area contributed by atoms with Crippen LogP contribution in [-0.4, -0.2) is 36.8 Å². The van der Waals surface area contributed by atoms with E-state index >= 15 is 0 Å². The van der Waals surface area contributed by atoms with Gasteiger partial charge in [-0.1, -0.05) is 20.3 Å². The fourth-order valence-corrected chi connectivity index (χ4v) is 1.13. The summed E-state index contributed by atoms with van der Waals surface area (Å²) in [4.78, 5) is 2.02. The van der Waals surface area contributed by atoms with E-state index in [4.69, 9.17) is 0 Å². The highest BCUT2D eigenvalue weighted by Gasteiger charge is 2.08. The van der Waals surface area contributed by atoms with Crippen molar-refractivity contribution in [1.29, 1.82) is 0 Å². The number of likely N-dealkylation sites (N-methyl/N-ethyl adjacent to an activating group) is 1. The highest BCUT2D eigenvalue weighted by Crippen LogP contribution is 2.09. The Morgan fingerprint density at radius 3 is 2.27 bits per heavy atom. The van der Waals surface area contributed by atoms with E-state index in [1.54, 1.807) is 0 Å². The lowest BCUT2D eigenvalue weighted by Crippen LogP contribution is -2.27. The Kier molecular flexibility index (Phi) is 5.51. The molecule has 2 heteroatoms. The van der Waals surface area contributed by atoms with Crippen LogP contribution in [0, 0.1) is 5.92 Å². The van der Waals surface area contributed by atoms with Gasteiger partial charge >= 0.3 is 0 Å². The number of aliphatic hydroxyl groups is 1. The van der Waals surface area contributed by atoms with Gasteiger partial charge in [-0.05, 0) is 26.4 Å². The minimum absolute atomic E-state index is 0.153. The first-order valence-electron chi connectivity index (χ1n) is 4.39. The van der Waals surface area contributed by atoms with Gasteiger partial charge in [0.2, 0.25) is 0 Å². The molecule has 0 radical (unpaired) electrons. The molecule has 0 aliphatic heterocycles. The molecular weight excluding hydrogens is 138 g/mol. The zero-order valence-electron chi connectivity index (χ0n) is 8.17. The van der Waals surface area contributed by atoms with E-state index in [1.807, 2.05) is 19.0 Å². The molecule has 0 heterocycles. The SMILES string of the molecule is CCC(C)CC(O)CN(C)C. The lowest BCUT2D eigenvalue weighted by molar-refractivity contribution is 0.112. The van der Waals surface area contributed by atoms with Crippen LogP contribution in [0.15, 0.2) is 0 Å². The quantitative estimate of drug-likeness (QED) is 0.654. The third-order valence-electron chi connectivity index (χ3n) is 1.95. The molecule has 0 bridgehead atoms. The van der Waals surface area contributed by atoms with Crippen molar-refractivity contribution in [1.82, 2.24) is 4.90 Å². The summed E-state index contributed by atoms with van der Waals surface area (Å²) < 4.78 is 0. The zero-order chi connectivity index (χ0) is 8.85. The van der Waals surface area contributed by atoms with Crippen molar-refractivity contribution in [2.45, 2.75) is 32.8 Å². The maximum absolute atomic E-state index is 9.48. The molecule has 0 aliphatic carbocycles. The number of aliphatic hydroxyl groups excluding tert-OH is 1. The second-order valence-corrected chi connectivity index (χ2v) is 3.67. The van der Waals surface area contributed by atoms with Gasteiger partial charge in [0.15, 0.2) is 0 Å². The Labute approximate surface area is 70.2 Å². The Bertz CT molecular complexity index is 93.6. The molecule has 2 atom stereocenters. The molecule has 0 aromatic heterocycles. The lowest BCUT2D eigenvalue weighted by Gasteiger charge is -2.18. The summed E-state index contributed by atoms with van der Waals surface area (Å²) >= 11 is 0. The largest absolute Gasteiger partial charge is 0.392 e. The maximum atomic E-state index is 9.48. The summed E-state index contributed by atoms with van der Waals surface area (Å²) in [6, 6.07) is 0.